The second-order valence-corrected chi connectivity index (χ2v) is 16.9. The summed E-state index contributed by atoms with van der Waals surface area (Å²) in [5, 5.41) is 0.433. The molecule has 14 heteroatoms. The van der Waals surface area contributed by atoms with E-state index in [1.165, 1.54) is 18.1 Å². The van der Waals surface area contributed by atoms with E-state index in [-0.39, 0.29) is 70.3 Å². The first-order chi connectivity index (χ1) is 26.3. The summed E-state index contributed by atoms with van der Waals surface area (Å²) >= 11 is 13.7. The van der Waals surface area contributed by atoms with Gasteiger partial charge in [-0.3, -0.25) is 4.79 Å². The van der Waals surface area contributed by atoms with Crippen LogP contribution in [0.2, 0.25) is 10.0 Å². The van der Waals surface area contributed by atoms with Crippen LogP contribution < -0.4 is 14.5 Å². The summed E-state index contributed by atoms with van der Waals surface area (Å²) in [4.78, 5) is 47.5. The molecule has 2 amide bonds. The highest BCUT2D eigenvalue weighted by atomic mass is 35.5. The molecule has 4 atom stereocenters. The number of halogens is 3. The van der Waals surface area contributed by atoms with E-state index < -0.39 is 23.3 Å². The van der Waals surface area contributed by atoms with E-state index in [1.54, 1.807) is 35.2 Å². The first-order valence-corrected chi connectivity index (χ1v) is 19.6. The largest absolute Gasteiger partial charge is 0.472 e. The summed E-state index contributed by atoms with van der Waals surface area (Å²) in [6.45, 7) is 7.80. The molecule has 4 bridgehead atoms. The Morgan fingerprint density at radius 2 is 1.62 bits per heavy atom. The number of fused-ring (bicyclic) bond motifs is 7. The Bertz CT molecular complexity index is 2000. The van der Waals surface area contributed by atoms with E-state index >= 15 is 4.39 Å². The van der Waals surface area contributed by atoms with Crippen molar-refractivity contribution in [1.82, 2.24) is 9.80 Å². The van der Waals surface area contributed by atoms with Gasteiger partial charge in [0.25, 0.3) is 5.91 Å². The van der Waals surface area contributed by atoms with Gasteiger partial charge in [-0.2, -0.15) is 0 Å². The number of carbonyl (C=O) groups is 3. The van der Waals surface area contributed by atoms with Crippen LogP contribution in [0.3, 0.4) is 0 Å². The van der Waals surface area contributed by atoms with Gasteiger partial charge in [0.15, 0.2) is 6.73 Å². The third kappa shape index (κ3) is 7.17. The lowest BCUT2D eigenvalue weighted by atomic mass is 9.96. The Hall–Kier alpha value is -4.26. The molecule has 5 saturated heterocycles. The minimum absolute atomic E-state index is 0.0314. The summed E-state index contributed by atoms with van der Waals surface area (Å²) < 4.78 is 39.0. The first kappa shape index (κ1) is 37.7. The number of ether oxygens (including phenoxy) is 4. The Kier molecular flexibility index (Phi) is 10.0. The quantitative estimate of drug-likeness (QED) is 0.239. The Balaban J connectivity index is 1.03. The molecule has 0 aromatic heterocycles. The predicted octanol–water partition coefficient (Wildman–Crippen LogP) is 7.92. The molecule has 0 spiro atoms. The molecule has 292 valence electrons. The molecule has 4 unspecified atom stereocenters. The van der Waals surface area contributed by atoms with Crippen molar-refractivity contribution < 1.29 is 37.7 Å². The highest BCUT2D eigenvalue weighted by Crippen LogP contribution is 2.44. The lowest BCUT2D eigenvalue weighted by Gasteiger charge is -2.42. The number of esters is 1. The fourth-order valence-electron chi connectivity index (χ4n) is 8.81. The van der Waals surface area contributed by atoms with Crippen LogP contribution >= 0.6 is 23.2 Å². The van der Waals surface area contributed by atoms with Crippen LogP contribution in [0, 0.1) is 5.82 Å². The van der Waals surface area contributed by atoms with Crippen molar-refractivity contribution in [3.63, 3.8) is 0 Å². The lowest BCUT2D eigenvalue weighted by molar-refractivity contribution is 0.0209. The molecule has 0 radical (unpaired) electrons. The van der Waals surface area contributed by atoms with Gasteiger partial charge in [0.05, 0.1) is 59.3 Å². The van der Waals surface area contributed by atoms with Crippen molar-refractivity contribution in [2.45, 2.75) is 89.3 Å². The summed E-state index contributed by atoms with van der Waals surface area (Å²) in [5.74, 6) is -1.14. The summed E-state index contributed by atoms with van der Waals surface area (Å²) in [6, 6.07) is 12.1. The van der Waals surface area contributed by atoms with Gasteiger partial charge >= 0.3 is 12.1 Å². The molecular weight excluding hydrogens is 750 g/mol. The second-order valence-electron chi connectivity index (χ2n) is 16.1. The van der Waals surface area contributed by atoms with Gasteiger partial charge in [-0.05, 0) is 77.1 Å². The normalized spacial score (nSPS) is 23.3. The number of piperazine rings is 1. The van der Waals surface area contributed by atoms with Gasteiger partial charge in [-0.25, -0.2) is 14.0 Å². The zero-order valence-electron chi connectivity index (χ0n) is 31.4. The number of anilines is 2. The zero-order chi connectivity index (χ0) is 38.8. The van der Waals surface area contributed by atoms with Crippen molar-refractivity contribution in [2.24, 2.45) is 0 Å². The van der Waals surface area contributed by atoms with Crippen LogP contribution in [-0.4, -0.2) is 97.7 Å². The number of hydrogen-bond acceptors (Lipinski definition) is 9. The van der Waals surface area contributed by atoms with E-state index in [0.717, 1.165) is 37.8 Å². The van der Waals surface area contributed by atoms with Crippen LogP contribution in [0.25, 0.3) is 11.1 Å². The molecule has 11 nitrogen and oxygen atoms in total. The molecule has 3 aromatic carbocycles. The van der Waals surface area contributed by atoms with Gasteiger partial charge in [0.1, 0.15) is 17.2 Å². The van der Waals surface area contributed by atoms with Crippen molar-refractivity contribution in [3.05, 3.63) is 75.0 Å². The summed E-state index contributed by atoms with van der Waals surface area (Å²) in [5.41, 5.74) is 2.62. The minimum atomic E-state index is -0.611. The minimum Gasteiger partial charge on any atom is -0.472 e. The molecule has 6 aliphatic rings. The van der Waals surface area contributed by atoms with Gasteiger partial charge in [-0.15, -0.1) is 0 Å². The van der Waals surface area contributed by atoms with Crippen molar-refractivity contribution >= 4 is 52.5 Å². The molecule has 3 aromatic rings. The summed E-state index contributed by atoms with van der Waals surface area (Å²) in [7, 11) is 1.29. The zero-order valence-corrected chi connectivity index (χ0v) is 32.9. The van der Waals surface area contributed by atoms with Crippen LogP contribution in [0.5, 0.6) is 5.75 Å². The van der Waals surface area contributed by atoms with Crippen molar-refractivity contribution in [1.29, 1.82) is 0 Å². The maximum absolute atomic E-state index is 16.0. The number of para-hydroxylation sites is 1. The fourth-order valence-corrected chi connectivity index (χ4v) is 9.45. The first-order valence-electron chi connectivity index (χ1n) is 18.9. The Morgan fingerprint density at radius 1 is 0.891 bits per heavy atom. The van der Waals surface area contributed by atoms with Crippen LogP contribution in [0.4, 0.5) is 20.6 Å². The van der Waals surface area contributed by atoms with Crippen LogP contribution in [0.15, 0.2) is 42.5 Å². The van der Waals surface area contributed by atoms with Gasteiger partial charge in [0, 0.05) is 54.1 Å². The molecule has 0 saturated carbocycles. The Morgan fingerprint density at radius 3 is 2.31 bits per heavy atom. The predicted molar refractivity (Wildman–Crippen MR) is 207 cm³/mol. The van der Waals surface area contributed by atoms with Crippen LogP contribution in [-0.2, 0) is 20.8 Å². The molecule has 6 aliphatic heterocycles. The topological polar surface area (TPSA) is 101 Å². The number of hydrogen-bond donors (Lipinski definition) is 0. The number of carbonyl (C=O) groups excluding carboxylic acids is 3. The second kappa shape index (κ2) is 14.7. The lowest BCUT2D eigenvalue weighted by Crippen LogP contribution is -2.56. The van der Waals surface area contributed by atoms with Gasteiger partial charge < -0.3 is 38.5 Å². The maximum Gasteiger partial charge on any atom is 0.410 e. The fraction of sp³-hybridized carbons (Fsp3) is 0.488. The van der Waals surface area contributed by atoms with E-state index in [1.807, 2.05) is 26.8 Å². The van der Waals surface area contributed by atoms with Crippen molar-refractivity contribution in [3.8, 4) is 16.9 Å². The van der Waals surface area contributed by atoms with E-state index in [4.69, 9.17) is 42.1 Å². The number of rotatable bonds is 5. The molecule has 6 heterocycles. The molecule has 55 heavy (non-hydrogen) atoms. The highest BCUT2D eigenvalue weighted by Gasteiger charge is 2.43. The average Bonchev–Trinajstić information content (AvgIpc) is 3.34. The van der Waals surface area contributed by atoms with Gasteiger partial charge in [-0.1, -0.05) is 41.4 Å². The highest BCUT2D eigenvalue weighted by molar-refractivity contribution is 6.40. The third-order valence-electron chi connectivity index (χ3n) is 11.3. The number of morpholine rings is 1. The molecule has 5 fully saturated rings. The van der Waals surface area contributed by atoms with E-state index in [2.05, 4.69) is 9.80 Å². The molecule has 9 rings (SSSR count). The summed E-state index contributed by atoms with van der Waals surface area (Å²) in [6.07, 6.45) is 4.37. The van der Waals surface area contributed by atoms with E-state index in [9.17, 15) is 14.4 Å². The number of methoxy groups -OCH3 is 1. The number of likely N-dealkylation sites (tertiary alicyclic amines) is 1. The molecule has 0 aliphatic carbocycles. The Labute approximate surface area is 330 Å². The monoisotopic (exact) mass is 794 g/mol. The van der Waals surface area contributed by atoms with Gasteiger partial charge in [0.2, 0.25) is 0 Å². The smallest absolute Gasteiger partial charge is 0.410 e. The van der Waals surface area contributed by atoms with Crippen LogP contribution in [0.1, 0.15) is 79.2 Å². The molecular formula is C41H45Cl2FN4O7. The van der Waals surface area contributed by atoms with E-state index in [0.29, 0.717) is 48.8 Å². The average molecular weight is 796 g/mol. The standard InChI is InChI=1S/C41H45Cl2FN4O7/c1-41(2,3)55-40(51)45-18-24-11-12-25(19-45)48(24)27-13-32(42)36(33(43)14-27)38(49)46-17-23-7-5-10-29(37(23)54-22-46)30-16-35(31(15-34(30)44)39(50)52-4)47-20-28-9-6-8-26(47)21-53-28/h5,7,10,13-16,24-26,28H,6,8-9,11-12,17-22H2,1-4H3. The SMILES string of the molecule is COC(=O)c1cc(F)c(-c2cccc3c2OCN(C(=O)c2c(Cl)cc(N4C5CCC4CN(C(=O)OC(C)(C)C)C5)cc2Cl)C3)cc1N1CC2CCCC1CO2. The number of amides is 2. The maximum atomic E-state index is 16.0. The third-order valence-corrected chi connectivity index (χ3v) is 11.9. The van der Waals surface area contributed by atoms with Crippen molar-refractivity contribution in [2.75, 3.05) is 49.9 Å². The number of nitrogens with zero attached hydrogens (tertiary/aromatic N) is 4. The molecule has 0 N–H and O–H groups in total. The number of benzene rings is 3.